The maximum atomic E-state index is 12.6. The van der Waals surface area contributed by atoms with Gasteiger partial charge < -0.3 is 0 Å². The Kier molecular flexibility index (Phi) is 3.59. The van der Waals surface area contributed by atoms with Crippen molar-refractivity contribution in [2.75, 3.05) is 0 Å². The Labute approximate surface area is 109 Å². The van der Waals surface area contributed by atoms with Crippen LogP contribution >= 0.6 is 0 Å². The molecule has 0 radical (unpaired) electrons. The smallest absolute Gasteiger partial charge is 0.216 e. The van der Waals surface area contributed by atoms with Crippen molar-refractivity contribution >= 4 is 10.2 Å². The lowest BCUT2D eigenvalue weighted by Crippen LogP contribution is -2.35. The molecular formula is C11H13F3N2O2S. The number of benzene rings is 1. The summed E-state index contributed by atoms with van der Waals surface area (Å²) in [7, 11) is -3.96. The van der Waals surface area contributed by atoms with Gasteiger partial charge in [0.05, 0.1) is 11.6 Å². The number of rotatable bonds is 4. The third-order valence-electron chi connectivity index (χ3n) is 2.96. The largest absolute Gasteiger partial charge is 0.416 e. The van der Waals surface area contributed by atoms with E-state index in [-0.39, 0.29) is 11.5 Å². The van der Waals surface area contributed by atoms with Crippen molar-refractivity contribution in [3.05, 3.63) is 35.4 Å². The van der Waals surface area contributed by atoms with Crippen LogP contribution in [0.1, 0.15) is 30.0 Å². The van der Waals surface area contributed by atoms with Crippen molar-refractivity contribution in [2.24, 2.45) is 11.1 Å². The lowest BCUT2D eigenvalue weighted by molar-refractivity contribution is -0.137. The zero-order valence-corrected chi connectivity index (χ0v) is 10.6. The zero-order chi connectivity index (χ0) is 14.3. The van der Waals surface area contributed by atoms with Crippen LogP contribution in [-0.4, -0.2) is 8.42 Å². The molecular weight excluding hydrogens is 281 g/mol. The van der Waals surface area contributed by atoms with E-state index in [1.807, 2.05) is 0 Å². The molecule has 0 bridgehead atoms. The molecule has 1 fully saturated rings. The quantitative estimate of drug-likeness (QED) is 0.891. The second-order valence-electron chi connectivity index (χ2n) is 4.60. The summed E-state index contributed by atoms with van der Waals surface area (Å²) in [5, 5.41) is 4.90. The van der Waals surface area contributed by atoms with Gasteiger partial charge in [0.1, 0.15) is 0 Å². The molecule has 106 valence electrons. The second-order valence-corrected chi connectivity index (χ2v) is 5.93. The maximum absolute atomic E-state index is 12.6. The first-order valence-electron chi connectivity index (χ1n) is 5.64. The Morgan fingerprint density at radius 1 is 1.32 bits per heavy atom. The zero-order valence-electron chi connectivity index (χ0n) is 9.81. The fourth-order valence-corrected chi connectivity index (χ4v) is 2.63. The van der Waals surface area contributed by atoms with E-state index in [2.05, 4.69) is 4.72 Å². The predicted octanol–water partition coefficient (Wildman–Crippen LogP) is 1.95. The summed E-state index contributed by atoms with van der Waals surface area (Å²) in [6.45, 7) is 0. The lowest BCUT2D eigenvalue weighted by atomic mass is 10.0. The number of halogens is 3. The highest BCUT2D eigenvalue weighted by Gasteiger charge is 2.36. The van der Waals surface area contributed by atoms with E-state index in [4.69, 9.17) is 5.14 Å². The van der Waals surface area contributed by atoms with Gasteiger partial charge in [0.25, 0.3) is 10.2 Å². The van der Waals surface area contributed by atoms with Crippen molar-refractivity contribution in [3.8, 4) is 0 Å². The number of hydrogen-bond acceptors (Lipinski definition) is 2. The minimum atomic E-state index is -4.45. The fraction of sp³-hybridized carbons (Fsp3) is 0.455. The number of hydrogen-bond donors (Lipinski definition) is 2. The molecule has 8 heteroatoms. The van der Waals surface area contributed by atoms with Crippen molar-refractivity contribution in [2.45, 2.75) is 25.1 Å². The molecule has 1 saturated carbocycles. The summed E-state index contributed by atoms with van der Waals surface area (Å²) in [5.41, 5.74) is -0.516. The molecule has 0 spiro atoms. The van der Waals surface area contributed by atoms with Gasteiger partial charge in [-0.25, -0.2) is 5.14 Å². The van der Waals surface area contributed by atoms with E-state index in [0.717, 1.165) is 25.0 Å². The average Bonchev–Trinajstić information content (AvgIpc) is 3.07. The van der Waals surface area contributed by atoms with Crippen LogP contribution < -0.4 is 9.86 Å². The topological polar surface area (TPSA) is 72.2 Å². The Morgan fingerprint density at radius 3 is 2.42 bits per heavy atom. The van der Waals surface area contributed by atoms with Gasteiger partial charge in [-0.05, 0) is 36.5 Å². The van der Waals surface area contributed by atoms with Crippen LogP contribution in [0.4, 0.5) is 13.2 Å². The van der Waals surface area contributed by atoms with E-state index in [1.54, 1.807) is 0 Å². The van der Waals surface area contributed by atoms with E-state index in [9.17, 15) is 21.6 Å². The maximum Gasteiger partial charge on any atom is 0.416 e. The Morgan fingerprint density at radius 2 is 1.95 bits per heavy atom. The van der Waals surface area contributed by atoms with Crippen LogP contribution in [0.3, 0.4) is 0 Å². The molecule has 0 amide bonds. The van der Waals surface area contributed by atoms with Crippen LogP contribution in [0.15, 0.2) is 24.3 Å². The lowest BCUT2D eigenvalue weighted by Gasteiger charge is -2.18. The summed E-state index contributed by atoms with van der Waals surface area (Å²) < 4.78 is 62.2. The van der Waals surface area contributed by atoms with Gasteiger partial charge in [-0.2, -0.15) is 26.3 Å². The Bertz CT molecular complexity index is 568. The first-order valence-corrected chi connectivity index (χ1v) is 7.18. The van der Waals surface area contributed by atoms with Gasteiger partial charge >= 0.3 is 6.18 Å². The highest BCUT2D eigenvalue weighted by Crippen LogP contribution is 2.42. The monoisotopic (exact) mass is 294 g/mol. The third kappa shape index (κ3) is 3.92. The highest BCUT2D eigenvalue weighted by molar-refractivity contribution is 7.87. The number of alkyl halides is 3. The predicted molar refractivity (Wildman–Crippen MR) is 63.2 cm³/mol. The minimum absolute atomic E-state index is 0.00167. The molecule has 0 aliphatic heterocycles. The molecule has 4 nitrogen and oxygen atoms in total. The van der Waals surface area contributed by atoms with Crippen molar-refractivity contribution in [3.63, 3.8) is 0 Å². The van der Waals surface area contributed by atoms with Crippen LogP contribution in [0, 0.1) is 5.92 Å². The Hall–Kier alpha value is -1.12. The van der Waals surface area contributed by atoms with Gasteiger partial charge in [-0.3, -0.25) is 0 Å². The molecule has 0 heterocycles. The Balaban J connectivity index is 2.32. The molecule has 0 unspecified atom stereocenters. The summed E-state index contributed by atoms with van der Waals surface area (Å²) in [4.78, 5) is 0. The van der Waals surface area contributed by atoms with Gasteiger partial charge in [0.2, 0.25) is 0 Å². The molecule has 0 saturated heterocycles. The van der Waals surface area contributed by atoms with Crippen molar-refractivity contribution in [1.29, 1.82) is 0 Å². The molecule has 1 aromatic carbocycles. The van der Waals surface area contributed by atoms with Crippen LogP contribution in [0.5, 0.6) is 0 Å². The van der Waals surface area contributed by atoms with Crippen molar-refractivity contribution < 1.29 is 21.6 Å². The van der Waals surface area contributed by atoms with Gasteiger partial charge in [-0.1, -0.05) is 12.1 Å². The van der Waals surface area contributed by atoms with Gasteiger partial charge in [-0.15, -0.1) is 0 Å². The molecule has 3 N–H and O–H groups in total. The molecule has 1 aromatic rings. The van der Waals surface area contributed by atoms with Crippen LogP contribution in [-0.2, 0) is 16.4 Å². The first-order chi connectivity index (χ1) is 8.67. The minimum Gasteiger partial charge on any atom is -0.216 e. The SMILES string of the molecule is NS(=O)(=O)N[C@H](c1cccc(C(F)(F)F)c1)C1CC1. The second kappa shape index (κ2) is 4.77. The van der Waals surface area contributed by atoms with Crippen LogP contribution in [0.25, 0.3) is 0 Å². The first kappa shape index (κ1) is 14.3. The molecule has 0 aromatic heterocycles. The summed E-state index contributed by atoms with van der Waals surface area (Å²) in [6, 6.07) is 3.94. The van der Waals surface area contributed by atoms with Crippen LogP contribution in [0.2, 0.25) is 0 Å². The fourth-order valence-electron chi connectivity index (χ4n) is 1.95. The molecule has 1 atom stereocenters. The van der Waals surface area contributed by atoms with Crippen molar-refractivity contribution in [1.82, 2.24) is 4.72 Å². The molecule has 2 rings (SSSR count). The number of nitrogens with one attached hydrogen (secondary N) is 1. The highest BCUT2D eigenvalue weighted by atomic mass is 32.2. The summed E-state index contributed by atoms with van der Waals surface area (Å²) in [6.07, 6.45) is -2.92. The number of nitrogens with two attached hydrogens (primary N) is 1. The summed E-state index contributed by atoms with van der Waals surface area (Å²) in [5.74, 6) is 0.00167. The molecule has 1 aliphatic rings. The van der Waals surface area contributed by atoms with Gasteiger partial charge in [0.15, 0.2) is 0 Å². The third-order valence-corrected chi connectivity index (χ3v) is 3.54. The average molecular weight is 294 g/mol. The normalized spacial score (nSPS) is 18.3. The van der Waals surface area contributed by atoms with E-state index >= 15 is 0 Å². The van der Waals surface area contributed by atoms with E-state index in [1.165, 1.54) is 12.1 Å². The van der Waals surface area contributed by atoms with E-state index in [0.29, 0.717) is 0 Å². The molecule has 19 heavy (non-hydrogen) atoms. The van der Waals surface area contributed by atoms with E-state index < -0.39 is 28.0 Å². The standard InChI is InChI=1S/C11H13F3N2O2S/c12-11(13,14)9-3-1-2-8(6-9)10(7-4-5-7)16-19(15,17)18/h1-3,6-7,10,16H,4-5H2,(H2,15,17,18)/t10-/m0/s1. The van der Waals surface area contributed by atoms with Gasteiger partial charge in [0, 0.05) is 0 Å². The summed E-state index contributed by atoms with van der Waals surface area (Å²) >= 11 is 0. The molecule has 1 aliphatic carbocycles.